The van der Waals surface area contributed by atoms with Crippen LogP contribution in [0.1, 0.15) is 24.8 Å². The summed E-state index contributed by atoms with van der Waals surface area (Å²) in [5, 5.41) is 0. The van der Waals surface area contributed by atoms with Crippen LogP contribution in [0.25, 0.3) is 11.3 Å². The number of aryl methyl sites for hydroxylation is 2. The van der Waals surface area contributed by atoms with Crippen LogP contribution in [-0.4, -0.2) is 23.0 Å². The van der Waals surface area contributed by atoms with E-state index in [1.54, 1.807) is 6.20 Å². The molecule has 2 N–H and O–H groups in total. The molecular weight excluding hydrogens is 284 g/mol. The molecule has 1 aromatic carbocycles. The van der Waals surface area contributed by atoms with Crippen LogP contribution in [0, 0.1) is 6.92 Å². The topological polar surface area (TPSA) is 95.4 Å². The number of esters is 1. The maximum Gasteiger partial charge on any atom is 0.307 e. The summed E-state index contributed by atoms with van der Waals surface area (Å²) in [7, 11) is 0. The van der Waals surface area contributed by atoms with Crippen molar-refractivity contribution < 1.29 is 18.7 Å². The minimum Gasteiger partial charge on any atom is -0.453 e. The number of nitrogens with two attached hydrogens (primary N) is 1. The number of oxazole rings is 1. The number of rotatable bonds is 6. The van der Waals surface area contributed by atoms with E-state index in [2.05, 4.69) is 4.98 Å². The molecule has 0 aliphatic rings. The molecule has 0 unspecified atom stereocenters. The molecule has 0 spiro atoms. The molecule has 0 saturated heterocycles. The number of hydrogen-bond donors (Lipinski definition) is 1. The van der Waals surface area contributed by atoms with Gasteiger partial charge in [-0.15, -0.1) is 0 Å². The number of amides is 1. The maximum absolute atomic E-state index is 11.5. The second-order valence-corrected chi connectivity index (χ2v) is 5.02. The third kappa shape index (κ3) is 4.18. The van der Waals surface area contributed by atoms with Gasteiger partial charge in [0, 0.05) is 12.0 Å². The summed E-state index contributed by atoms with van der Waals surface area (Å²) in [5.74, 6) is -0.0966. The Kier molecular flexibility index (Phi) is 4.93. The second-order valence-electron chi connectivity index (χ2n) is 5.02. The van der Waals surface area contributed by atoms with Crippen LogP contribution in [0.5, 0.6) is 0 Å². The van der Waals surface area contributed by atoms with Crippen molar-refractivity contribution in [1.29, 1.82) is 0 Å². The largest absolute Gasteiger partial charge is 0.453 e. The van der Waals surface area contributed by atoms with Crippen molar-refractivity contribution in [2.75, 3.05) is 0 Å². The third-order valence-corrected chi connectivity index (χ3v) is 3.14. The van der Waals surface area contributed by atoms with Gasteiger partial charge in [-0.3, -0.25) is 9.59 Å². The molecule has 6 heteroatoms. The zero-order chi connectivity index (χ0) is 16.1. The van der Waals surface area contributed by atoms with E-state index in [1.165, 1.54) is 6.92 Å². The molecule has 2 rings (SSSR count). The molecule has 0 radical (unpaired) electrons. The third-order valence-electron chi connectivity index (χ3n) is 3.14. The number of primary amides is 1. The highest BCUT2D eigenvalue weighted by Crippen LogP contribution is 2.21. The van der Waals surface area contributed by atoms with E-state index in [0.717, 1.165) is 11.1 Å². The van der Waals surface area contributed by atoms with Gasteiger partial charge in [-0.2, -0.15) is 0 Å². The first-order valence-electron chi connectivity index (χ1n) is 6.96. The van der Waals surface area contributed by atoms with E-state index < -0.39 is 18.0 Å². The quantitative estimate of drug-likeness (QED) is 0.823. The fourth-order valence-electron chi connectivity index (χ4n) is 1.80. The number of carbonyl (C=O) groups excluding carboxylic acids is 2. The molecule has 0 aliphatic carbocycles. The summed E-state index contributed by atoms with van der Waals surface area (Å²) in [4.78, 5) is 26.5. The molecule has 116 valence electrons. The highest BCUT2D eigenvalue weighted by Gasteiger charge is 2.15. The molecule has 1 amide bonds. The monoisotopic (exact) mass is 302 g/mol. The molecular formula is C16H18N2O4. The molecule has 1 heterocycles. The molecule has 2 aromatic rings. The van der Waals surface area contributed by atoms with Crippen molar-refractivity contribution in [3.63, 3.8) is 0 Å². The molecule has 22 heavy (non-hydrogen) atoms. The summed E-state index contributed by atoms with van der Waals surface area (Å²) in [5.41, 5.74) is 7.11. The highest BCUT2D eigenvalue weighted by molar-refractivity contribution is 5.81. The van der Waals surface area contributed by atoms with Crippen LogP contribution in [0.2, 0.25) is 0 Å². The van der Waals surface area contributed by atoms with E-state index in [0.29, 0.717) is 18.1 Å². The second kappa shape index (κ2) is 6.89. The standard InChI is InChI=1S/C16H18N2O4/c1-10-3-5-12(6-4-10)13-9-18-14(22-13)7-8-15(19)21-11(2)16(17)20/h3-6,9,11H,7-8H2,1-2H3,(H2,17,20)/t11-/m0/s1. The first-order valence-corrected chi connectivity index (χ1v) is 6.96. The lowest BCUT2D eigenvalue weighted by atomic mass is 10.1. The molecule has 6 nitrogen and oxygen atoms in total. The maximum atomic E-state index is 11.5. The SMILES string of the molecule is Cc1ccc(-c2cnc(CCC(=O)O[C@@H](C)C(N)=O)o2)cc1. The summed E-state index contributed by atoms with van der Waals surface area (Å²) in [6, 6.07) is 7.87. The number of nitrogens with zero attached hydrogens (tertiary/aromatic N) is 1. The highest BCUT2D eigenvalue weighted by atomic mass is 16.5. The minimum atomic E-state index is -0.930. The van der Waals surface area contributed by atoms with E-state index in [4.69, 9.17) is 14.9 Å². The van der Waals surface area contributed by atoms with Crippen LogP contribution in [-0.2, 0) is 20.7 Å². The van der Waals surface area contributed by atoms with Gasteiger partial charge in [0.25, 0.3) is 5.91 Å². The summed E-state index contributed by atoms with van der Waals surface area (Å²) < 4.78 is 10.5. The lowest BCUT2D eigenvalue weighted by Gasteiger charge is -2.08. The fourth-order valence-corrected chi connectivity index (χ4v) is 1.80. The van der Waals surface area contributed by atoms with E-state index in [1.807, 2.05) is 31.2 Å². The first kappa shape index (κ1) is 15.8. The summed E-state index contributed by atoms with van der Waals surface area (Å²) >= 11 is 0. The van der Waals surface area contributed by atoms with Gasteiger partial charge in [-0.25, -0.2) is 4.98 Å². The zero-order valence-electron chi connectivity index (χ0n) is 12.5. The normalized spacial score (nSPS) is 11.9. The van der Waals surface area contributed by atoms with Gasteiger partial charge in [0.1, 0.15) is 0 Å². The van der Waals surface area contributed by atoms with Gasteiger partial charge in [0.2, 0.25) is 0 Å². The Morgan fingerprint density at radius 1 is 1.32 bits per heavy atom. The van der Waals surface area contributed by atoms with E-state index in [-0.39, 0.29) is 6.42 Å². The minimum absolute atomic E-state index is 0.0749. The van der Waals surface area contributed by atoms with Crippen LogP contribution in [0.3, 0.4) is 0 Å². The van der Waals surface area contributed by atoms with Gasteiger partial charge < -0.3 is 14.9 Å². The van der Waals surface area contributed by atoms with Crippen LogP contribution < -0.4 is 5.73 Å². The molecule has 0 aliphatic heterocycles. The smallest absolute Gasteiger partial charge is 0.307 e. The van der Waals surface area contributed by atoms with Gasteiger partial charge in [0.15, 0.2) is 17.8 Å². The van der Waals surface area contributed by atoms with Crippen molar-refractivity contribution in [2.45, 2.75) is 32.8 Å². The van der Waals surface area contributed by atoms with Gasteiger partial charge in [-0.1, -0.05) is 29.8 Å². The Hall–Kier alpha value is -2.63. The van der Waals surface area contributed by atoms with Gasteiger partial charge >= 0.3 is 5.97 Å². The van der Waals surface area contributed by atoms with Crippen molar-refractivity contribution in [2.24, 2.45) is 5.73 Å². The zero-order valence-corrected chi connectivity index (χ0v) is 12.5. The number of ether oxygens (including phenoxy) is 1. The summed E-state index contributed by atoms with van der Waals surface area (Å²) in [6.07, 6.45) is 1.07. The van der Waals surface area contributed by atoms with Crippen LogP contribution >= 0.6 is 0 Å². The van der Waals surface area contributed by atoms with Crippen molar-refractivity contribution in [3.05, 3.63) is 41.9 Å². The Labute approximate surface area is 128 Å². The van der Waals surface area contributed by atoms with Gasteiger partial charge in [0.05, 0.1) is 12.6 Å². The average Bonchev–Trinajstić information content (AvgIpc) is 2.94. The molecule has 1 aromatic heterocycles. The van der Waals surface area contributed by atoms with Crippen LogP contribution in [0.4, 0.5) is 0 Å². The van der Waals surface area contributed by atoms with Gasteiger partial charge in [-0.05, 0) is 13.8 Å². The molecule has 1 atom stereocenters. The Morgan fingerprint density at radius 3 is 2.64 bits per heavy atom. The van der Waals surface area contributed by atoms with Crippen LogP contribution in [0.15, 0.2) is 34.9 Å². The molecule has 0 bridgehead atoms. The predicted octanol–water partition coefficient (Wildman–Crippen LogP) is 2.00. The van der Waals surface area contributed by atoms with Crippen molar-refractivity contribution in [1.82, 2.24) is 4.98 Å². The number of hydrogen-bond acceptors (Lipinski definition) is 5. The summed E-state index contributed by atoms with van der Waals surface area (Å²) in [6.45, 7) is 3.44. The van der Waals surface area contributed by atoms with E-state index in [9.17, 15) is 9.59 Å². The number of aromatic nitrogens is 1. The first-order chi connectivity index (χ1) is 10.5. The van der Waals surface area contributed by atoms with Crippen molar-refractivity contribution >= 4 is 11.9 Å². The van der Waals surface area contributed by atoms with Crippen molar-refractivity contribution in [3.8, 4) is 11.3 Å². The van der Waals surface area contributed by atoms with E-state index >= 15 is 0 Å². The lowest BCUT2D eigenvalue weighted by molar-refractivity contribution is -0.153. The Balaban J connectivity index is 1.91. The Morgan fingerprint density at radius 2 is 2.00 bits per heavy atom. The lowest BCUT2D eigenvalue weighted by Crippen LogP contribution is -2.30. The number of benzene rings is 1. The fraction of sp³-hybridized carbons (Fsp3) is 0.312. The molecule has 0 saturated carbocycles. The number of carbonyl (C=O) groups is 2. The Bertz CT molecular complexity index is 661. The molecule has 0 fully saturated rings. The predicted molar refractivity (Wildman–Crippen MR) is 79.7 cm³/mol. The average molecular weight is 302 g/mol.